The third-order valence-electron chi connectivity index (χ3n) is 8.89. The predicted octanol–water partition coefficient (Wildman–Crippen LogP) is 5.78. The molecule has 1 aliphatic heterocycles. The molecule has 198 valence electrons. The van der Waals surface area contributed by atoms with Crippen LogP contribution in [-0.2, 0) is 19.2 Å². The molecule has 0 radical (unpaired) electrons. The van der Waals surface area contributed by atoms with Crippen LogP contribution >= 0.6 is 22.6 Å². The van der Waals surface area contributed by atoms with Gasteiger partial charge in [-0.2, -0.15) is 0 Å². The first-order chi connectivity index (χ1) is 19.3. The van der Waals surface area contributed by atoms with Crippen molar-refractivity contribution in [3.8, 4) is 5.75 Å². The zero-order valence-corrected chi connectivity index (χ0v) is 23.7. The van der Waals surface area contributed by atoms with Gasteiger partial charge in [0, 0.05) is 31.6 Å². The maximum Gasteiger partial charge on any atom is 0.238 e. The van der Waals surface area contributed by atoms with Gasteiger partial charge in [0.15, 0.2) is 11.6 Å². The molecule has 1 fully saturated rings. The fourth-order valence-corrected chi connectivity index (χ4v) is 7.50. The van der Waals surface area contributed by atoms with Crippen molar-refractivity contribution in [2.24, 2.45) is 17.8 Å². The van der Waals surface area contributed by atoms with Crippen LogP contribution < -0.4 is 4.90 Å². The number of benzene rings is 3. The van der Waals surface area contributed by atoms with E-state index in [0.29, 0.717) is 34.2 Å². The highest BCUT2D eigenvalue weighted by Gasteiger charge is 2.56. The minimum Gasteiger partial charge on any atom is -0.507 e. The number of fused-ring (bicyclic) bond motifs is 4. The van der Waals surface area contributed by atoms with Gasteiger partial charge in [0.05, 0.1) is 17.5 Å². The number of aromatic hydroxyl groups is 1. The summed E-state index contributed by atoms with van der Waals surface area (Å²) in [7, 11) is 0. The second-order valence-electron chi connectivity index (χ2n) is 10.9. The molecule has 7 rings (SSSR count). The van der Waals surface area contributed by atoms with E-state index in [4.69, 9.17) is 0 Å². The number of amides is 2. The van der Waals surface area contributed by atoms with Crippen LogP contribution in [0.2, 0.25) is 0 Å². The molecule has 0 unspecified atom stereocenters. The van der Waals surface area contributed by atoms with E-state index in [1.807, 2.05) is 48.5 Å². The van der Waals surface area contributed by atoms with Gasteiger partial charge in [-0.05, 0) is 95.6 Å². The van der Waals surface area contributed by atoms with Crippen molar-refractivity contribution in [3.05, 3.63) is 104 Å². The van der Waals surface area contributed by atoms with Crippen LogP contribution in [0.15, 0.2) is 95.1 Å². The van der Waals surface area contributed by atoms with Gasteiger partial charge in [-0.1, -0.05) is 42.0 Å². The number of imide groups is 1. The summed E-state index contributed by atoms with van der Waals surface area (Å²) >= 11 is 2.18. The molecule has 0 bridgehead atoms. The van der Waals surface area contributed by atoms with Crippen molar-refractivity contribution in [2.45, 2.75) is 25.7 Å². The lowest BCUT2D eigenvalue weighted by Gasteiger charge is -2.42. The molecule has 3 aromatic carbocycles. The van der Waals surface area contributed by atoms with Gasteiger partial charge < -0.3 is 5.11 Å². The summed E-state index contributed by atoms with van der Waals surface area (Å²) < 4.78 is 1.00. The molecule has 3 aromatic rings. The van der Waals surface area contributed by atoms with Gasteiger partial charge in [0.1, 0.15) is 5.75 Å². The molecule has 40 heavy (non-hydrogen) atoms. The molecule has 4 atom stereocenters. The van der Waals surface area contributed by atoms with Crippen LogP contribution in [0.5, 0.6) is 5.75 Å². The molecule has 0 aromatic heterocycles. The number of ketones is 2. The van der Waals surface area contributed by atoms with E-state index in [2.05, 4.69) is 22.6 Å². The Hall–Kier alpha value is -3.85. The van der Waals surface area contributed by atoms with Gasteiger partial charge in [-0.3, -0.25) is 24.1 Å². The summed E-state index contributed by atoms with van der Waals surface area (Å²) in [6.45, 7) is 1.65. The summed E-state index contributed by atoms with van der Waals surface area (Å²) in [5, 5.41) is 12.0. The number of phenolic OH excluding ortho intramolecular Hbond substituents is 1. The van der Waals surface area contributed by atoms with Gasteiger partial charge in [0.25, 0.3) is 0 Å². The molecule has 1 saturated heterocycles. The first kappa shape index (κ1) is 25.1. The van der Waals surface area contributed by atoms with Crippen LogP contribution in [0.3, 0.4) is 0 Å². The number of hydrogen-bond donors (Lipinski definition) is 1. The average molecular weight is 641 g/mol. The second kappa shape index (κ2) is 9.09. The minimum atomic E-state index is -0.624. The molecule has 4 aliphatic rings. The van der Waals surface area contributed by atoms with Crippen molar-refractivity contribution >= 4 is 62.4 Å². The topological polar surface area (TPSA) is 91.8 Å². The monoisotopic (exact) mass is 641 g/mol. The smallest absolute Gasteiger partial charge is 0.238 e. The molecular formula is C33H24INO5. The molecule has 7 heteroatoms. The Labute approximate surface area is 244 Å². The summed E-state index contributed by atoms with van der Waals surface area (Å²) in [5.74, 6) is -2.84. The molecular weight excluding hydrogens is 617 g/mol. The zero-order chi connectivity index (χ0) is 27.9. The maximum atomic E-state index is 14.0. The van der Waals surface area contributed by atoms with Gasteiger partial charge in [-0.15, -0.1) is 0 Å². The van der Waals surface area contributed by atoms with E-state index in [9.17, 15) is 24.3 Å². The van der Waals surface area contributed by atoms with Crippen LogP contribution in [0, 0.1) is 21.3 Å². The predicted molar refractivity (Wildman–Crippen MR) is 159 cm³/mol. The van der Waals surface area contributed by atoms with Crippen molar-refractivity contribution in [3.63, 3.8) is 0 Å². The Morgan fingerprint density at radius 1 is 0.875 bits per heavy atom. The lowest BCUT2D eigenvalue weighted by atomic mass is 9.59. The highest BCUT2D eigenvalue weighted by atomic mass is 127. The number of Topliss-reactive ketones (excluding diaryl/α,β-unsaturated/α-hetero) is 1. The van der Waals surface area contributed by atoms with E-state index in [0.717, 1.165) is 20.1 Å². The number of carbonyl (C=O) groups excluding carboxylic acids is 4. The zero-order valence-electron chi connectivity index (χ0n) is 21.6. The SMILES string of the molecule is CC1=CC(=O)C2=C(C[C@@H]3C(=CC[C@@H]4C(=O)N(c5ccc(I)cc5)C(=O)[C@@H]43)[C@@H]2c2ccc(O)c3ccccc23)C1=O. The standard InChI is InChI=1S/C33H24INO5/c1-16-14-27(37)30-25(31(16)38)15-24-22(28(30)21-12-13-26(36)20-5-3-2-4-19(20)21)10-11-23-29(24)33(40)35(32(23)39)18-8-6-17(34)7-9-18/h2-10,12-14,23-24,28-29,36H,11,15H2,1H3/t23-,24+,28-,29-/m0/s1. The number of allylic oxidation sites excluding steroid dienone is 6. The lowest BCUT2D eigenvalue weighted by Crippen LogP contribution is -2.39. The van der Waals surface area contributed by atoms with Crippen LogP contribution in [0.4, 0.5) is 5.69 Å². The summed E-state index contributed by atoms with van der Waals surface area (Å²) in [6.07, 6.45) is 4.05. The quantitative estimate of drug-likeness (QED) is 0.166. The van der Waals surface area contributed by atoms with E-state index < -0.39 is 23.7 Å². The Morgan fingerprint density at radius 3 is 2.35 bits per heavy atom. The third-order valence-corrected chi connectivity index (χ3v) is 9.61. The van der Waals surface area contributed by atoms with E-state index in [1.165, 1.54) is 11.0 Å². The van der Waals surface area contributed by atoms with Crippen molar-refractivity contribution < 1.29 is 24.3 Å². The Morgan fingerprint density at radius 2 is 1.60 bits per heavy atom. The molecule has 3 aliphatic carbocycles. The lowest BCUT2D eigenvalue weighted by molar-refractivity contribution is -0.123. The highest BCUT2D eigenvalue weighted by molar-refractivity contribution is 14.1. The highest BCUT2D eigenvalue weighted by Crippen LogP contribution is 2.56. The number of nitrogens with zero attached hydrogens (tertiary/aromatic N) is 1. The number of carbonyl (C=O) groups is 4. The van der Waals surface area contributed by atoms with Gasteiger partial charge >= 0.3 is 0 Å². The van der Waals surface area contributed by atoms with Crippen molar-refractivity contribution in [1.29, 1.82) is 0 Å². The second-order valence-corrected chi connectivity index (χ2v) is 12.2. The number of anilines is 1. The number of hydrogen-bond acceptors (Lipinski definition) is 5. The first-order valence-electron chi connectivity index (χ1n) is 13.3. The molecule has 6 nitrogen and oxygen atoms in total. The molecule has 1 N–H and O–H groups in total. The maximum absolute atomic E-state index is 14.0. The Kier molecular flexibility index (Phi) is 5.71. The summed E-state index contributed by atoms with van der Waals surface area (Å²) in [4.78, 5) is 56.0. The Balaban J connectivity index is 1.41. The number of rotatable bonds is 2. The molecule has 2 amide bonds. The fraction of sp³-hybridized carbons (Fsp3) is 0.212. The minimum absolute atomic E-state index is 0.130. The summed E-state index contributed by atoms with van der Waals surface area (Å²) in [6, 6.07) is 18.2. The number of phenols is 1. The van der Waals surface area contributed by atoms with E-state index >= 15 is 0 Å². The average Bonchev–Trinajstić information content (AvgIpc) is 3.21. The van der Waals surface area contributed by atoms with Crippen molar-refractivity contribution in [1.82, 2.24) is 0 Å². The van der Waals surface area contributed by atoms with E-state index in [1.54, 1.807) is 25.1 Å². The third kappa shape index (κ3) is 3.53. The Bertz CT molecular complexity index is 1780. The number of halogens is 1. The fourth-order valence-electron chi connectivity index (χ4n) is 7.14. The molecule has 0 spiro atoms. The molecule has 0 saturated carbocycles. The van der Waals surface area contributed by atoms with Gasteiger partial charge in [0.2, 0.25) is 11.8 Å². The van der Waals surface area contributed by atoms with Crippen LogP contribution in [-0.4, -0.2) is 28.5 Å². The molecule has 1 heterocycles. The largest absolute Gasteiger partial charge is 0.507 e. The van der Waals surface area contributed by atoms with E-state index in [-0.39, 0.29) is 35.6 Å². The normalized spacial score (nSPS) is 26.0. The van der Waals surface area contributed by atoms with Crippen molar-refractivity contribution in [2.75, 3.05) is 4.90 Å². The van der Waals surface area contributed by atoms with Crippen LogP contribution in [0.25, 0.3) is 10.8 Å². The first-order valence-corrected chi connectivity index (χ1v) is 14.4. The van der Waals surface area contributed by atoms with Crippen LogP contribution in [0.1, 0.15) is 31.2 Å². The van der Waals surface area contributed by atoms with Gasteiger partial charge in [-0.25, -0.2) is 0 Å². The summed E-state index contributed by atoms with van der Waals surface area (Å²) in [5.41, 5.74) is 3.51.